The van der Waals surface area contributed by atoms with Crippen LogP contribution in [0.3, 0.4) is 0 Å². The third-order valence-corrected chi connectivity index (χ3v) is 9.40. The van der Waals surface area contributed by atoms with Crippen LogP contribution in [0.1, 0.15) is 16.6 Å². The standard InChI is InChI=1S/C18H18N8O9S3/c1-25-17(21-23-24-25)37-6-7-5-36-16-18(34-2,15(31)26(16)9(7)14(29)30)20-13(28)11(38(3,32)33)10-8(4-19)12(27)22-35-10/h11,16H,5-6H2,1-3H3,(H,20,28)(H,22,27)(H,29,30)/t11?,16-,18-/m0/s1. The van der Waals surface area contributed by atoms with Gasteiger partial charge in [0.1, 0.15) is 17.1 Å². The number of β-lactam (4-membered cyclic amide) rings is 1. The predicted octanol–water partition coefficient (Wildman–Crippen LogP) is -2.05. The van der Waals surface area contributed by atoms with E-state index in [-0.39, 0.29) is 17.2 Å². The van der Waals surface area contributed by atoms with Crippen LogP contribution in [0.4, 0.5) is 0 Å². The summed E-state index contributed by atoms with van der Waals surface area (Å²) in [6.45, 7) is 0. The number of tetrazole rings is 1. The SMILES string of the molecule is CO[C@@]1(NC(=O)C(c2o[nH]c(=O)c2C#N)S(C)(=O)=O)C(=O)N2C(C(=O)O)=C(CSc3nnnn3C)CS[C@H]21. The highest BCUT2D eigenvalue weighted by atomic mass is 32.2. The molecule has 1 fully saturated rings. The number of rotatable bonds is 9. The van der Waals surface area contributed by atoms with Gasteiger partial charge in [0, 0.05) is 31.9 Å². The summed E-state index contributed by atoms with van der Waals surface area (Å²) in [6, 6.07) is 1.48. The minimum atomic E-state index is -4.34. The Bertz CT molecular complexity index is 1570. The Kier molecular flexibility index (Phi) is 7.13. The van der Waals surface area contributed by atoms with Gasteiger partial charge in [0.15, 0.2) is 21.2 Å². The van der Waals surface area contributed by atoms with Crippen molar-refractivity contribution >= 4 is 51.1 Å². The quantitative estimate of drug-likeness (QED) is 0.163. The minimum Gasteiger partial charge on any atom is -0.477 e. The lowest BCUT2D eigenvalue weighted by molar-refractivity contribution is -0.192. The first-order valence-electron chi connectivity index (χ1n) is 10.3. The number of aryl methyl sites for hydroxylation is 1. The van der Waals surface area contributed by atoms with E-state index in [1.807, 2.05) is 5.16 Å². The third-order valence-electron chi connectivity index (χ3n) is 5.64. The average Bonchev–Trinajstić information content (AvgIpc) is 3.43. The number of sulfone groups is 1. The molecule has 2 amide bonds. The zero-order chi connectivity index (χ0) is 28.0. The second-order valence-electron chi connectivity index (χ2n) is 7.99. The molecule has 0 radical (unpaired) electrons. The summed E-state index contributed by atoms with van der Waals surface area (Å²) in [6.07, 6.45) is 0.678. The number of carbonyl (C=O) groups is 3. The number of aromatic nitrogens is 5. The third kappa shape index (κ3) is 4.36. The van der Waals surface area contributed by atoms with Gasteiger partial charge in [-0.1, -0.05) is 11.8 Å². The molecule has 0 bridgehead atoms. The fraction of sp³-hybridized carbons (Fsp3) is 0.444. The van der Waals surface area contributed by atoms with Gasteiger partial charge >= 0.3 is 5.97 Å². The van der Waals surface area contributed by atoms with Crippen molar-refractivity contribution in [3.63, 3.8) is 0 Å². The Balaban J connectivity index is 1.64. The Morgan fingerprint density at radius 3 is 2.74 bits per heavy atom. The van der Waals surface area contributed by atoms with Gasteiger partial charge < -0.3 is 19.7 Å². The molecule has 2 aliphatic rings. The largest absolute Gasteiger partial charge is 0.477 e. The van der Waals surface area contributed by atoms with E-state index in [4.69, 9.17) is 9.26 Å². The molecule has 2 aromatic rings. The Labute approximate surface area is 221 Å². The van der Waals surface area contributed by atoms with Gasteiger partial charge in [-0.3, -0.25) is 19.3 Å². The topological polar surface area (TPSA) is 243 Å². The molecular formula is C18H18N8O9S3. The van der Waals surface area contributed by atoms with Crippen LogP contribution in [0.15, 0.2) is 25.7 Å². The molecule has 0 saturated carbocycles. The average molecular weight is 587 g/mol. The van der Waals surface area contributed by atoms with Gasteiger partial charge in [-0.25, -0.2) is 17.9 Å². The lowest BCUT2D eigenvalue weighted by atomic mass is 9.98. The fourth-order valence-electron chi connectivity index (χ4n) is 3.91. The van der Waals surface area contributed by atoms with Crippen molar-refractivity contribution in [1.29, 1.82) is 5.26 Å². The second kappa shape index (κ2) is 9.90. The number of carboxylic acids is 1. The number of nitriles is 1. The van der Waals surface area contributed by atoms with Crippen molar-refractivity contribution in [1.82, 2.24) is 35.6 Å². The number of nitrogens with one attached hydrogen (secondary N) is 2. The van der Waals surface area contributed by atoms with Crippen LogP contribution >= 0.6 is 23.5 Å². The van der Waals surface area contributed by atoms with E-state index >= 15 is 0 Å². The van der Waals surface area contributed by atoms with Crippen LogP contribution in [-0.2, 0) is 36.0 Å². The number of ether oxygens (including phenoxy) is 1. The molecule has 3 atom stereocenters. The van der Waals surface area contributed by atoms with Crippen LogP contribution in [0, 0.1) is 11.3 Å². The summed E-state index contributed by atoms with van der Waals surface area (Å²) < 4.78 is 36.5. The minimum absolute atomic E-state index is 0.121. The molecule has 3 N–H and O–H groups in total. The highest BCUT2D eigenvalue weighted by Crippen LogP contribution is 2.47. The molecule has 20 heteroatoms. The van der Waals surface area contributed by atoms with Crippen LogP contribution in [0.5, 0.6) is 0 Å². The Hall–Kier alpha value is -3.67. The molecule has 4 heterocycles. The summed E-state index contributed by atoms with van der Waals surface area (Å²) in [7, 11) is -1.65. The maximum Gasteiger partial charge on any atom is 0.352 e. The summed E-state index contributed by atoms with van der Waals surface area (Å²) in [5, 5.41) is 31.4. The Morgan fingerprint density at radius 2 is 2.18 bits per heavy atom. The van der Waals surface area contributed by atoms with Gasteiger partial charge in [-0.15, -0.1) is 16.9 Å². The molecule has 1 saturated heterocycles. The zero-order valence-corrected chi connectivity index (χ0v) is 22.1. The lowest BCUT2D eigenvalue weighted by Crippen LogP contribution is -2.81. The van der Waals surface area contributed by atoms with Gasteiger partial charge in [0.25, 0.3) is 17.2 Å². The smallest absolute Gasteiger partial charge is 0.352 e. The number of amides is 2. The van der Waals surface area contributed by atoms with Crippen molar-refractivity contribution in [3.8, 4) is 6.07 Å². The molecule has 17 nitrogen and oxygen atoms in total. The molecule has 0 aromatic carbocycles. The van der Waals surface area contributed by atoms with E-state index in [2.05, 4.69) is 20.8 Å². The lowest BCUT2D eigenvalue weighted by Gasteiger charge is -2.55. The van der Waals surface area contributed by atoms with Crippen LogP contribution in [-0.4, -0.2) is 97.5 Å². The van der Waals surface area contributed by atoms with E-state index < -0.39 is 60.9 Å². The summed E-state index contributed by atoms with van der Waals surface area (Å²) in [5.74, 6) is -4.17. The van der Waals surface area contributed by atoms with Crippen LogP contribution < -0.4 is 10.9 Å². The van der Waals surface area contributed by atoms with E-state index in [9.17, 15) is 38.0 Å². The number of carboxylic acid groups (broad SMARTS) is 1. The van der Waals surface area contributed by atoms with E-state index in [1.165, 1.54) is 10.8 Å². The Morgan fingerprint density at radius 1 is 1.47 bits per heavy atom. The molecule has 4 rings (SSSR count). The number of thioether (sulfide) groups is 2. The van der Waals surface area contributed by atoms with Crippen molar-refractivity contribution in [2.75, 3.05) is 24.9 Å². The van der Waals surface area contributed by atoms with Gasteiger partial charge in [-0.05, 0) is 16.0 Å². The van der Waals surface area contributed by atoms with Crippen molar-refractivity contribution in [2.45, 2.75) is 21.5 Å². The first kappa shape index (κ1) is 27.4. The van der Waals surface area contributed by atoms with Crippen molar-refractivity contribution < 1.29 is 37.2 Å². The molecule has 2 aliphatic heterocycles. The molecule has 2 aromatic heterocycles. The number of methoxy groups -OCH3 is 1. The molecule has 1 unspecified atom stereocenters. The van der Waals surface area contributed by atoms with Crippen molar-refractivity contribution in [3.05, 3.63) is 32.9 Å². The number of aliphatic carboxylic acids is 1. The van der Waals surface area contributed by atoms with Gasteiger partial charge in [-0.2, -0.15) is 10.4 Å². The van der Waals surface area contributed by atoms with Gasteiger partial charge in [0.2, 0.25) is 16.3 Å². The monoisotopic (exact) mass is 586 g/mol. The predicted molar refractivity (Wildman–Crippen MR) is 127 cm³/mol. The number of nitrogens with zero attached hydrogens (tertiary/aromatic N) is 6. The maximum atomic E-state index is 13.3. The highest BCUT2D eigenvalue weighted by Gasteiger charge is 2.67. The molecule has 38 heavy (non-hydrogen) atoms. The van der Waals surface area contributed by atoms with E-state index in [0.29, 0.717) is 17.0 Å². The van der Waals surface area contributed by atoms with Crippen LogP contribution in [0.2, 0.25) is 0 Å². The summed E-state index contributed by atoms with van der Waals surface area (Å²) in [5.41, 5.74) is -3.84. The number of fused-ring (bicyclic) bond motifs is 1. The molecule has 0 spiro atoms. The first-order valence-corrected chi connectivity index (χ1v) is 14.3. The number of aromatic amines is 1. The number of carbonyl (C=O) groups excluding carboxylic acids is 2. The maximum absolute atomic E-state index is 13.3. The van der Waals surface area contributed by atoms with E-state index in [1.54, 1.807) is 7.05 Å². The molecule has 0 aliphatic carbocycles. The number of hydrogen-bond donors (Lipinski definition) is 3. The summed E-state index contributed by atoms with van der Waals surface area (Å²) >= 11 is 2.24. The van der Waals surface area contributed by atoms with E-state index in [0.717, 1.165) is 35.5 Å². The zero-order valence-electron chi connectivity index (χ0n) is 19.7. The summed E-state index contributed by atoms with van der Waals surface area (Å²) in [4.78, 5) is 51.4. The molecular weight excluding hydrogens is 568 g/mol. The normalized spacial score (nSPS) is 21.9. The molecule has 202 valence electrons. The fourth-order valence-corrected chi connectivity index (χ4v) is 7.34. The first-order chi connectivity index (χ1) is 17.9. The second-order valence-corrected chi connectivity index (χ2v) is 12.1. The van der Waals surface area contributed by atoms with Crippen molar-refractivity contribution in [2.24, 2.45) is 7.05 Å². The number of H-pyrrole nitrogens is 1. The highest BCUT2D eigenvalue weighted by molar-refractivity contribution is 8.01. The number of hydrogen-bond acceptors (Lipinski definition) is 14. The van der Waals surface area contributed by atoms with Gasteiger partial charge in [0.05, 0.1) is 0 Å². The van der Waals surface area contributed by atoms with Crippen LogP contribution in [0.25, 0.3) is 0 Å².